The molecule has 0 amide bonds. The molecule has 0 aliphatic heterocycles. The SMILES string of the molecule is CC(C)(C)OCCOc1nc(N)nc2sccc12. The van der Waals surface area contributed by atoms with Gasteiger partial charge in [-0.15, -0.1) is 11.3 Å². The zero-order valence-electron chi connectivity index (χ0n) is 10.8. The molecular formula is C12H17N3O2S. The van der Waals surface area contributed by atoms with E-state index in [0.29, 0.717) is 19.1 Å². The number of nitrogens with zero attached hydrogens (tertiary/aromatic N) is 2. The highest BCUT2D eigenvalue weighted by molar-refractivity contribution is 7.16. The lowest BCUT2D eigenvalue weighted by atomic mass is 10.2. The molecule has 0 bridgehead atoms. The molecule has 18 heavy (non-hydrogen) atoms. The Morgan fingerprint density at radius 3 is 2.78 bits per heavy atom. The van der Waals surface area contributed by atoms with Gasteiger partial charge in [-0.05, 0) is 32.2 Å². The maximum absolute atomic E-state index is 5.63. The van der Waals surface area contributed by atoms with Crippen molar-refractivity contribution in [3.05, 3.63) is 11.4 Å². The van der Waals surface area contributed by atoms with E-state index >= 15 is 0 Å². The summed E-state index contributed by atoms with van der Waals surface area (Å²) in [6, 6.07) is 1.93. The van der Waals surface area contributed by atoms with Crippen molar-refractivity contribution < 1.29 is 9.47 Å². The van der Waals surface area contributed by atoms with Gasteiger partial charge in [0.25, 0.3) is 0 Å². The van der Waals surface area contributed by atoms with Gasteiger partial charge in [-0.2, -0.15) is 4.98 Å². The Morgan fingerprint density at radius 2 is 2.06 bits per heavy atom. The van der Waals surface area contributed by atoms with Gasteiger partial charge in [-0.1, -0.05) is 0 Å². The summed E-state index contributed by atoms with van der Waals surface area (Å²) < 4.78 is 11.2. The molecule has 0 saturated carbocycles. The molecule has 2 aromatic heterocycles. The van der Waals surface area contributed by atoms with Crippen molar-refractivity contribution in [2.24, 2.45) is 0 Å². The third-order valence-corrected chi connectivity index (χ3v) is 2.97. The van der Waals surface area contributed by atoms with Gasteiger partial charge in [0.05, 0.1) is 17.6 Å². The predicted molar refractivity (Wildman–Crippen MR) is 73.0 cm³/mol. The standard InChI is InChI=1S/C12H17N3O2S/c1-12(2,3)17-6-5-16-9-8-4-7-18-10(8)15-11(13)14-9/h4,7H,5-6H2,1-3H3,(H2,13,14,15). The van der Waals surface area contributed by atoms with Crippen LogP contribution in [0.3, 0.4) is 0 Å². The average molecular weight is 267 g/mol. The first-order chi connectivity index (χ1) is 8.46. The van der Waals surface area contributed by atoms with E-state index in [0.717, 1.165) is 10.2 Å². The molecule has 0 radical (unpaired) electrons. The fraction of sp³-hybridized carbons (Fsp3) is 0.500. The van der Waals surface area contributed by atoms with Gasteiger partial charge in [0, 0.05) is 0 Å². The van der Waals surface area contributed by atoms with Crippen LogP contribution in [0.1, 0.15) is 20.8 Å². The Hall–Kier alpha value is -1.40. The molecule has 2 heterocycles. The predicted octanol–water partition coefficient (Wildman–Crippen LogP) is 2.47. The number of hydrogen-bond acceptors (Lipinski definition) is 6. The number of thiophene rings is 1. The average Bonchev–Trinajstić information content (AvgIpc) is 2.70. The Morgan fingerprint density at radius 1 is 1.28 bits per heavy atom. The topological polar surface area (TPSA) is 70.3 Å². The second-order valence-corrected chi connectivity index (χ2v) is 5.73. The van der Waals surface area contributed by atoms with Crippen molar-refractivity contribution in [1.82, 2.24) is 9.97 Å². The summed E-state index contributed by atoms with van der Waals surface area (Å²) in [6.07, 6.45) is 0. The molecule has 6 heteroatoms. The van der Waals surface area contributed by atoms with E-state index in [4.69, 9.17) is 15.2 Å². The summed E-state index contributed by atoms with van der Waals surface area (Å²) in [5.41, 5.74) is 5.47. The molecule has 0 aliphatic carbocycles. The van der Waals surface area contributed by atoms with Crippen LogP contribution in [-0.2, 0) is 4.74 Å². The van der Waals surface area contributed by atoms with Gasteiger partial charge in [0.1, 0.15) is 11.4 Å². The van der Waals surface area contributed by atoms with Gasteiger partial charge >= 0.3 is 0 Å². The highest BCUT2D eigenvalue weighted by atomic mass is 32.1. The van der Waals surface area contributed by atoms with Crippen LogP contribution in [-0.4, -0.2) is 28.8 Å². The van der Waals surface area contributed by atoms with Crippen molar-refractivity contribution >= 4 is 27.5 Å². The molecule has 0 saturated heterocycles. The van der Waals surface area contributed by atoms with E-state index in [1.54, 1.807) is 0 Å². The molecule has 0 spiro atoms. The molecule has 0 aliphatic rings. The molecule has 2 N–H and O–H groups in total. The Bertz CT molecular complexity index is 534. The number of anilines is 1. The Kier molecular flexibility index (Phi) is 3.68. The molecule has 2 rings (SSSR count). The Balaban J connectivity index is 2.01. The van der Waals surface area contributed by atoms with Gasteiger partial charge in [-0.25, -0.2) is 4.98 Å². The maximum atomic E-state index is 5.63. The van der Waals surface area contributed by atoms with E-state index in [1.165, 1.54) is 11.3 Å². The van der Waals surface area contributed by atoms with E-state index in [-0.39, 0.29) is 11.5 Å². The number of rotatable bonds is 4. The number of nitrogen functional groups attached to an aromatic ring is 1. The molecule has 5 nitrogen and oxygen atoms in total. The highest BCUT2D eigenvalue weighted by Crippen LogP contribution is 2.27. The van der Waals surface area contributed by atoms with Crippen LogP contribution >= 0.6 is 11.3 Å². The van der Waals surface area contributed by atoms with Gasteiger partial charge < -0.3 is 15.2 Å². The molecular weight excluding hydrogens is 250 g/mol. The number of aromatic nitrogens is 2. The number of ether oxygens (including phenoxy) is 2. The van der Waals surface area contributed by atoms with Crippen molar-refractivity contribution in [3.63, 3.8) is 0 Å². The smallest absolute Gasteiger partial charge is 0.227 e. The number of fused-ring (bicyclic) bond motifs is 1. The maximum Gasteiger partial charge on any atom is 0.227 e. The second-order valence-electron chi connectivity index (χ2n) is 4.84. The highest BCUT2D eigenvalue weighted by Gasteiger charge is 2.11. The molecule has 98 valence electrons. The lowest BCUT2D eigenvalue weighted by Crippen LogP contribution is -2.22. The first kappa shape index (κ1) is 13.0. The third kappa shape index (κ3) is 3.30. The monoisotopic (exact) mass is 267 g/mol. The minimum Gasteiger partial charge on any atom is -0.475 e. The fourth-order valence-electron chi connectivity index (χ4n) is 1.44. The van der Waals surface area contributed by atoms with Gasteiger partial charge in [-0.3, -0.25) is 0 Å². The summed E-state index contributed by atoms with van der Waals surface area (Å²) >= 11 is 1.52. The lowest BCUT2D eigenvalue weighted by molar-refractivity contribution is -0.0166. The minimum absolute atomic E-state index is 0.161. The summed E-state index contributed by atoms with van der Waals surface area (Å²) in [5, 5.41) is 2.84. The summed E-state index contributed by atoms with van der Waals surface area (Å²) in [5.74, 6) is 0.757. The summed E-state index contributed by atoms with van der Waals surface area (Å²) in [4.78, 5) is 9.08. The van der Waals surface area contributed by atoms with Crippen LogP contribution in [0, 0.1) is 0 Å². The van der Waals surface area contributed by atoms with Crippen LogP contribution in [0.5, 0.6) is 5.88 Å². The van der Waals surface area contributed by atoms with Crippen LogP contribution in [0.15, 0.2) is 11.4 Å². The quantitative estimate of drug-likeness (QED) is 0.862. The van der Waals surface area contributed by atoms with Crippen LogP contribution in [0.4, 0.5) is 5.95 Å². The third-order valence-electron chi connectivity index (χ3n) is 2.16. The van der Waals surface area contributed by atoms with Crippen molar-refractivity contribution in [2.75, 3.05) is 18.9 Å². The van der Waals surface area contributed by atoms with Crippen molar-refractivity contribution in [1.29, 1.82) is 0 Å². The molecule has 0 aromatic carbocycles. The minimum atomic E-state index is -0.161. The summed E-state index contributed by atoms with van der Waals surface area (Å²) in [7, 11) is 0. The fourth-order valence-corrected chi connectivity index (χ4v) is 2.20. The van der Waals surface area contributed by atoms with Crippen LogP contribution in [0.25, 0.3) is 10.2 Å². The van der Waals surface area contributed by atoms with E-state index in [2.05, 4.69) is 9.97 Å². The largest absolute Gasteiger partial charge is 0.475 e. The molecule has 0 atom stereocenters. The van der Waals surface area contributed by atoms with Crippen LogP contribution in [0.2, 0.25) is 0 Å². The summed E-state index contributed by atoms with van der Waals surface area (Å²) in [6.45, 7) is 6.98. The van der Waals surface area contributed by atoms with E-state index in [1.807, 2.05) is 32.2 Å². The zero-order chi connectivity index (χ0) is 13.2. The van der Waals surface area contributed by atoms with Crippen LogP contribution < -0.4 is 10.5 Å². The first-order valence-electron chi connectivity index (χ1n) is 5.73. The molecule has 2 aromatic rings. The van der Waals surface area contributed by atoms with Gasteiger partial charge in [0.15, 0.2) is 0 Å². The lowest BCUT2D eigenvalue weighted by Gasteiger charge is -2.19. The van der Waals surface area contributed by atoms with E-state index < -0.39 is 0 Å². The number of hydrogen-bond donors (Lipinski definition) is 1. The van der Waals surface area contributed by atoms with Gasteiger partial charge in [0.2, 0.25) is 11.8 Å². The second kappa shape index (κ2) is 5.07. The molecule has 0 fully saturated rings. The van der Waals surface area contributed by atoms with E-state index in [9.17, 15) is 0 Å². The van der Waals surface area contributed by atoms with Crippen molar-refractivity contribution in [3.8, 4) is 5.88 Å². The molecule has 0 unspecified atom stereocenters. The normalized spacial score (nSPS) is 11.9. The first-order valence-corrected chi connectivity index (χ1v) is 6.61. The zero-order valence-corrected chi connectivity index (χ0v) is 11.6. The Labute approximate surface area is 110 Å². The number of nitrogens with two attached hydrogens (primary N) is 1. The van der Waals surface area contributed by atoms with Crippen molar-refractivity contribution in [2.45, 2.75) is 26.4 Å².